The standard InChI is InChI=1S/C22H20BrN5O2/c1-13-4-5-14(23)10-17(13)26-22-27-18-11-15(6-7-20(18)28(22)3)30-16-8-9-25-19(12-16)21(29)24-2/h4-12H,1-3H3,(H,24,29)(H,26,27). The molecular weight excluding hydrogens is 446 g/mol. The van der Waals surface area contributed by atoms with Crippen molar-refractivity contribution in [3.63, 3.8) is 0 Å². The number of carbonyl (C=O) groups excluding carboxylic acids is 1. The van der Waals surface area contributed by atoms with Gasteiger partial charge in [0.05, 0.1) is 11.0 Å². The first kappa shape index (κ1) is 19.9. The van der Waals surface area contributed by atoms with Crippen LogP contribution >= 0.6 is 15.9 Å². The van der Waals surface area contributed by atoms with Crippen molar-refractivity contribution in [2.24, 2.45) is 7.05 Å². The molecule has 1 amide bonds. The van der Waals surface area contributed by atoms with Gasteiger partial charge >= 0.3 is 0 Å². The van der Waals surface area contributed by atoms with E-state index in [0.717, 1.165) is 32.7 Å². The molecule has 0 bridgehead atoms. The number of aromatic nitrogens is 3. The van der Waals surface area contributed by atoms with Gasteiger partial charge in [-0.2, -0.15) is 0 Å². The molecule has 152 valence electrons. The normalized spacial score (nSPS) is 10.8. The lowest BCUT2D eigenvalue weighted by molar-refractivity contribution is 0.0958. The van der Waals surface area contributed by atoms with Crippen LogP contribution in [-0.2, 0) is 7.05 Å². The lowest BCUT2D eigenvalue weighted by atomic mass is 10.2. The van der Waals surface area contributed by atoms with Crippen molar-refractivity contribution in [1.29, 1.82) is 0 Å². The van der Waals surface area contributed by atoms with E-state index in [9.17, 15) is 4.79 Å². The molecule has 0 unspecified atom stereocenters. The van der Waals surface area contributed by atoms with Crippen LogP contribution < -0.4 is 15.4 Å². The molecule has 2 N–H and O–H groups in total. The van der Waals surface area contributed by atoms with Crippen molar-refractivity contribution in [2.75, 3.05) is 12.4 Å². The summed E-state index contributed by atoms with van der Waals surface area (Å²) < 4.78 is 8.92. The fourth-order valence-electron chi connectivity index (χ4n) is 3.07. The van der Waals surface area contributed by atoms with Gasteiger partial charge in [0.1, 0.15) is 17.2 Å². The molecule has 4 aromatic rings. The predicted octanol–water partition coefficient (Wildman–Crippen LogP) is 4.93. The molecule has 0 fully saturated rings. The Balaban J connectivity index is 1.62. The lowest BCUT2D eigenvalue weighted by Crippen LogP contribution is -2.18. The minimum atomic E-state index is -0.265. The zero-order valence-corrected chi connectivity index (χ0v) is 18.3. The molecule has 0 saturated heterocycles. The van der Waals surface area contributed by atoms with Crippen LogP contribution in [0.3, 0.4) is 0 Å². The number of pyridine rings is 1. The molecular formula is C22H20BrN5O2. The van der Waals surface area contributed by atoms with E-state index in [1.54, 1.807) is 25.4 Å². The number of benzene rings is 2. The van der Waals surface area contributed by atoms with Crippen molar-refractivity contribution in [3.8, 4) is 11.5 Å². The third-order valence-corrected chi connectivity index (χ3v) is 5.22. The second kappa shape index (κ2) is 8.16. The van der Waals surface area contributed by atoms with Crippen LogP contribution in [0.25, 0.3) is 11.0 Å². The Morgan fingerprint density at radius 1 is 1.10 bits per heavy atom. The first-order chi connectivity index (χ1) is 14.4. The largest absolute Gasteiger partial charge is 0.457 e. The van der Waals surface area contributed by atoms with Crippen molar-refractivity contribution in [3.05, 3.63) is 70.5 Å². The van der Waals surface area contributed by atoms with Gasteiger partial charge in [-0.05, 0) is 42.8 Å². The highest BCUT2D eigenvalue weighted by atomic mass is 79.9. The highest BCUT2D eigenvalue weighted by molar-refractivity contribution is 9.10. The number of aryl methyl sites for hydroxylation is 2. The van der Waals surface area contributed by atoms with Crippen LogP contribution in [-0.4, -0.2) is 27.5 Å². The topological polar surface area (TPSA) is 81.1 Å². The molecule has 0 spiro atoms. The van der Waals surface area contributed by atoms with Crippen LogP contribution in [0.15, 0.2) is 59.2 Å². The van der Waals surface area contributed by atoms with Crippen molar-refractivity contribution >= 4 is 44.5 Å². The first-order valence-corrected chi connectivity index (χ1v) is 10.1. The van der Waals surface area contributed by atoms with Gasteiger partial charge < -0.3 is 19.9 Å². The van der Waals surface area contributed by atoms with E-state index in [1.165, 1.54) is 0 Å². The van der Waals surface area contributed by atoms with Crippen LogP contribution in [0.4, 0.5) is 11.6 Å². The number of anilines is 2. The van der Waals surface area contributed by atoms with Crippen molar-refractivity contribution in [2.45, 2.75) is 6.92 Å². The van der Waals surface area contributed by atoms with E-state index in [0.29, 0.717) is 17.2 Å². The Morgan fingerprint density at radius 3 is 2.70 bits per heavy atom. The number of amides is 1. The van der Waals surface area contributed by atoms with Gasteiger partial charge in [-0.15, -0.1) is 0 Å². The summed E-state index contributed by atoms with van der Waals surface area (Å²) in [5.41, 5.74) is 4.17. The van der Waals surface area contributed by atoms with Gasteiger partial charge in [-0.25, -0.2) is 4.98 Å². The van der Waals surface area contributed by atoms with E-state index in [2.05, 4.69) is 31.5 Å². The Hall–Kier alpha value is -3.39. The van der Waals surface area contributed by atoms with E-state index >= 15 is 0 Å². The van der Waals surface area contributed by atoms with Gasteiger partial charge in [-0.1, -0.05) is 22.0 Å². The fourth-order valence-corrected chi connectivity index (χ4v) is 3.43. The summed E-state index contributed by atoms with van der Waals surface area (Å²) in [4.78, 5) is 20.5. The Kier molecular flexibility index (Phi) is 5.41. The molecule has 2 aromatic carbocycles. The summed E-state index contributed by atoms with van der Waals surface area (Å²) in [7, 11) is 3.53. The maximum absolute atomic E-state index is 11.8. The third-order valence-electron chi connectivity index (χ3n) is 4.73. The monoisotopic (exact) mass is 465 g/mol. The van der Waals surface area contributed by atoms with Gasteiger partial charge in [0, 0.05) is 42.6 Å². The molecule has 0 aliphatic heterocycles. The molecule has 0 atom stereocenters. The number of nitrogens with zero attached hydrogens (tertiary/aromatic N) is 3. The third kappa shape index (κ3) is 3.99. The zero-order valence-electron chi connectivity index (χ0n) is 16.7. The zero-order chi connectivity index (χ0) is 21.3. The molecule has 7 nitrogen and oxygen atoms in total. The summed E-state index contributed by atoms with van der Waals surface area (Å²) in [5.74, 6) is 1.62. The average Bonchev–Trinajstić information content (AvgIpc) is 3.05. The maximum Gasteiger partial charge on any atom is 0.269 e. The van der Waals surface area contributed by atoms with Gasteiger partial charge in [0.2, 0.25) is 5.95 Å². The van der Waals surface area contributed by atoms with Gasteiger partial charge in [-0.3, -0.25) is 9.78 Å². The van der Waals surface area contributed by atoms with E-state index < -0.39 is 0 Å². The van der Waals surface area contributed by atoms with E-state index in [1.807, 2.05) is 54.9 Å². The number of imidazole rings is 1. The molecule has 2 heterocycles. The molecule has 0 radical (unpaired) electrons. The highest BCUT2D eigenvalue weighted by Crippen LogP contribution is 2.29. The summed E-state index contributed by atoms with van der Waals surface area (Å²) in [6.07, 6.45) is 1.54. The number of hydrogen-bond acceptors (Lipinski definition) is 5. The smallest absolute Gasteiger partial charge is 0.269 e. The van der Waals surface area contributed by atoms with Gasteiger partial charge in [0.15, 0.2) is 0 Å². The van der Waals surface area contributed by atoms with Crippen molar-refractivity contribution in [1.82, 2.24) is 19.9 Å². The Labute approximate surface area is 182 Å². The molecule has 0 aliphatic rings. The number of carbonyl (C=O) groups is 1. The minimum Gasteiger partial charge on any atom is -0.457 e. The van der Waals surface area contributed by atoms with Crippen LogP contribution in [0.5, 0.6) is 11.5 Å². The molecule has 2 aromatic heterocycles. The lowest BCUT2D eigenvalue weighted by Gasteiger charge is -2.09. The summed E-state index contributed by atoms with van der Waals surface area (Å²) >= 11 is 3.51. The number of rotatable bonds is 5. The number of hydrogen-bond donors (Lipinski definition) is 2. The molecule has 0 saturated carbocycles. The summed E-state index contributed by atoms with van der Waals surface area (Å²) in [6, 6.07) is 15.1. The molecule has 4 rings (SSSR count). The maximum atomic E-state index is 11.8. The average molecular weight is 466 g/mol. The highest BCUT2D eigenvalue weighted by Gasteiger charge is 2.12. The van der Waals surface area contributed by atoms with Crippen LogP contribution in [0, 0.1) is 6.92 Å². The summed E-state index contributed by atoms with van der Waals surface area (Å²) in [6.45, 7) is 2.05. The SMILES string of the molecule is CNC(=O)c1cc(Oc2ccc3c(c2)nc(Nc2cc(Br)ccc2C)n3C)ccn1. The van der Waals surface area contributed by atoms with Crippen molar-refractivity contribution < 1.29 is 9.53 Å². The van der Waals surface area contributed by atoms with Crippen LogP contribution in [0.1, 0.15) is 16.1 Å². The number of nitrogens with one attached hydrogen (secondary N) is 2. The Bertz CT molecular complexity index is 1250. The second-order valence-corrected chi connectivity index (χ2v) is 7.70. The quantitative estimate of drug-likeness (QED) is 0.436. The molecule has 0 aliphatic carbocycles. The molecule has 30 heavy (non-hydrogen) atoms. The fraction of sp³-hybridized carbons (Fsp3) is 0.136. The van der Waals surface area contributed by atoms with E-state index in [-0.39, 0.29) is 5.91 Å². The predicted molar refractivity (Wildman–Crippen MR) is 121 cm³/mol. The number of ether oxygens (including phenoxy) is 1. The number of fused-ring (bicyclic) bond motifs is 1. The second-order valence-electron chi connectivity index (χ2n) is 6.79. The van der Waals surface area contributed by atoms with E-state index in [4.69, 9.17) is 9.72 Å². The van der Waals surface area contributed by atoms with Crippen LogP contribution in [0.2, 0.25) is 0 Å². The molecule has 8 heteroatoms. The number of halogens is 1. The minimum absolute atomic E-state index is 0.265. The Morgan fingerprint density at radius 2 is 1.90 bits per heavy atom. The summed E-state index contributed by atoms with van der Waals surface area (Å²) in [5, 5.41) is 5.95. The van der Waals surface area contributed by atoms with Gasteiger partial charge in [0.25, 0.3) is 5.91 Å². The first-order valence-electron chi connectivity index (χ1n) is 9.30.